The molecule has 0 amide bonds. The largest absolute Gasteiger partial charge is 0.309 e. The van der Waals surface area contributed by atoms with Crippen molar-refractivity contribution in [1.82, 2.24) is 4.57 Å². The summed E-state index contributed by atoms with van der Waals surface area (Å²) >= 11 is 0. The molecule has 0 fully saturated rings. The van der Waals surface area contributed by atoms with Gasteiger partial charge in [-0.3, -0.25) is 0 Å². The van der Waals surface area contributed by atoms with Crippen LogP contribution in [0.2, 0.25) is 0 Å². The van der Waals surface area contributed by atoms with Crippen LogP contribution < -0.4 is 4.90 Å². The van der Waals surface area contributed by atoms with Gasteiger partial charge in [0.25, 0.3) is 0 Å². The van der Waals surface area contributed by atoms with E-state index in [2.05, 4.69) is 240 Å². The number of para-hydroxylation sites is 1. The lowest BCUT2D eigenvalue weighted by atomic mass is 9.61. The Kier molecular flexibility index (Phi) is 7.07. The highest BCUT2D eigenvalue weighted by molar-refractivity contribution is 6.15. The number of rotatable bonds is 4. The van der Waals surface area contributed by atoms with Crippen LogP contribution in [-0.2, 0) is 5.41 Å². The molecule has 0 saturated carbocycles. The van der Waals surface area contributed by atoms with Crippen LogP contribution >= 0.6 is 0 Å². The molecule has 0 N–H and O–H groups in total. The molecule has 1 heterocycles. The Balaban J connectivity index is 1.10. The molecule has 0 saturated heterocycles. The van der Waals surface area contributed by atoms with Crippen LogP contribution in [0.25, 0.3) is 82.1 Å². The van der Waals surface area contributed by atoms with Gasteiger partial charge in [-0.05, 0) is 97.1 Å². The van der Waals surface area contributed by atoms with Crippen molar-refractivity contribution < 1.29 is 0 Å². The average molecular weight is 799 g/mol. The third-order valence-electron chi connectivity index (χ3n) is 14.2. The zero-order valence-corrected chi connectivity index (χ0v) is 34.3. The molecular formula is C61H38N2. The maximum Gasteiger partial charge on any atom is 0.0725 e. The molecule has 2 heteroatoms. The number of hydrogen-bond donors (Lipinski definition) is 0. The van der Waals surface area contributed by atoms with Gasteiger partial charge in [0.1, 0.15) is 0 Å². The zero-order valence-electron chi connectivity index (χ0n) is 34.3. The monoisotopic (exact) mass is 798 g/mol. The van der Waals surface area contributed by atoms with Crippen LogP contribution in [0.1, 0.15) is 22.3 Å². The Bertz CT molecular complexity index is 3830. The number of aromatic nitrogens is 1. The molecule has 2 aliphatic carbocycles. The third-order valence-corrected chi connectivity index (χ3v) is 14.2. The fraction of sp³-hybridized carbons (Fsp3) is 0.0164. The fourth-order valence-electron chi connectivity index (χ4n) is 11.7. The molecule has 1 spiro atoms. The molecule has 292 valence electrons. The van der Waals surface area contributed by atoms with E-state index in [0.717, 1.165) is 17.1 Å². The first-order valence-corrected chi connectivity index (χ1v) is 21.9. The van der Waals surface area contributed by atoms with E-state index in [9.17, 15) is 0 Å². The Hall–Kier alpha value is -8.20. The Morgan fingerprint density at radius 1 is 0.317 bits per heavy atom. The summed E-state index contributed by atoms with van der Waals surface area (Å²) in [6, 6.07) is 86.0. The molecule has 0 bridgehead atoms. The second-order valence-corrected chi connectivity index (χ2v) is 17.1. The number of fused-ring (bicyclic) bond motifs is 14. The van der Waals surface area contributed by atoms with Gasteiger partial charge in [0.15, 0.2) is 0 Å². The normalized spacial score (nSPS) is 13.2. The predicted octanol–water partition coefficient (Wildman–Crippen LogP) is 16.1. The molecule has 14 rings (SSSR count). The van der Waals surface area contributed by atoms with E-state index < -0.39 is 5.41 Å². The number of nitrogens with zero attached hydrogens (tertiary/aromatic N) is 2. The van der Waals surface area contributed by atoms with Crippen LogP contribution in [0.15, 0.2) is 231 Å². The molecular weight excluding hydrogens is 761 g/mol. The lowest BCUT2D eigenvalue weighted by Gasteiger charge is -2.40. The first-order chi connectivity index (χ1) is 31.3. The van der Waals surface area contributed by atoms with Gasteiger partial charge in [0.2, 0.25) is 0 Å². The maximum atomic E-state index is 2.53. The van der Waals surface area contributed by atoms with E-state index in [-0.39, 0.29) is 0 Å². The van der Waals surface area contributed by atoms with Crippen LogP contribution in [-0.4, -0.2) is 4.57 Å². The van der Waals surface area contributed by atoms with Crippen molar-refractivity contribution in [2.75, 3.05) is 4.90 Å². The van der Waals surface area contributed by atoms with Gasteiger partial charge in [0, 0.05) is 32.6 Å². The van der Waals surface area contributed by atoms with Crippen molar-refractivity contribution in [2.45, 2.75) is 5.41 Å². The van der Waals surface area contributed by atoms with Gasteiger partial charge in [-0.1, -0.05) is 194 Å². The van der Waals surface area contributed by atoms with Crippen molar-refractivity contribution in [3.05, 3.63) is 253 Å². The Morgan fingerprint density at radius 2 is 0.825 bits per heavy atom. The topological polar surface area (TPSA) is 8.17 Å². The van der Waals surface area contributed by atoms with E-state index in [1.165, 1.54) is 104 Å². The second kappa shape index (κ2) is 12.9. The molecule has 12 aromatic rings. The summed E-state index contributed by atoms with van der Waals surface area (Å²) in [5.41, 5.74) is 17.0. The highest BCUT2D eigenvalue weighted by atomic mass is 15.1. The van der Waals surface area contributed by atoms with Crippen molar-refractivity contribution in [3.8, 4) is 27.9 Å². The minimum Gasteiger partial charge on any atom is -0.309 e. The van der Waals surface area contributed by atoms with Crippen LogP contribution in [0.4, 0.5) is 17.1 Å². The fourth-order valence-corrected chi connectivity index (χ4v) is 11.7. The van der Waals surface area contributed by atoms with Gasteiger partial charge in [0.05, 0.1) is 33.5 Å². The number of anilines is 3. The lowest BCUT2D eigenvalue weighted by Crippen LogP contribution is -2.31. The number of benzene rings is 11. The van der Waals surface area contributed by atoms with E-state index in [1.54, 1.807) is 0 Å². The first kappa shape index (κ1) is 34.5. The van der Waals surface area contributed by atoms with Crippen molar-refractivity contribution in [1.29, 1.82) is 0 Å². The number of hydrogen-bond acceptors (Lipinski definition) is 1. The van der Waals surface area contributed by atoms with E-state index in [4.69, 9.17) is 0 Å². The maximum absolute atomic E-state index is 2.53. The van der Waals surface area contributed by atoms with Crippen LogP contribution in [0.3, 0.4) is 0 Å². The van der Waals surface area contributed by atoms with E-state index >= 15 is 0 Å². The van der Waals surface area contributed by atoms with Gasteiger partial charge in [-0.25, -0.2) is 0 Å². The highest BCUT2D eigenvalue weighted by Crippen LogP contribution is 2.62. The molecule has 2 nitrogen and oxygen atoms in total. The molecule has 0 radical (unpaired) electrons. The molecule has 63 heavy (non-hydrogen) atoms. The molecule has 11 aromatic carbocycles. The zero-order chi connectivity index (χ0) is 41.2. The molecule has 1 aromatic heterocycles. The van der Waals surface area contributed by atoms with Crippen molar-refractivity contribution >= 4 is 71.2 Å². The Labute approximate surface area is 365 Å². The lowest BCUT2D eigenvalue weighted by molar-refractivity contribution is 0.773. The smallest absolute Gasteiger partial charge is 0.0725 e. The summed E-state index contributed by atoms with van der Waals surface area (Å²) in [6.07, 6.45) is 0. The van der Waals surface area contributed by atoms with Crippen molar-refractivity contribution in [2.24, 2.45) is 0 Å². The highest BCUT2D eigenvalue weighted by Gasteiger charge is 2.50. The standard InChI is InChI=1S/C61H38N2/c1-3-20-42-39(16-1)18-13-32-55(42)62(41-34-35-48-47-25-8-12-31-57(47)63(59(48)38-41)56-33-14-19-40-17-2-4-21-43(40)56)58-37-36-49-46-24-7-11-29-53(46)61(54-30-15-26-50(58)60(49)54)51-27-9-5-22-44(51)45-23-6-10-28-52(45)61/h1-38H. The molecule has 0 unspecified atom stereocenters. The SMILES string of the molecule is c1ccc2c(c1)-c1ccccc1C21c2ccccc2-c2ccc(N(c3ccc4c5ccccc5n(-c5cccc6ccccc56)c4c3)c3cccc4ccccc34)c3cccc1c23. The predicted molar refractivity (Wildman–Crippen MR) is 264 cm³/mol. The third kappa shape index (κ3) is 4.57. The summed E-state index contributed by atoms with van der Waals surface area (Å²) < 4.78 is 2.48. The van der Waals surface area contributed by atoms with Gasteiger partial charge in [-0.15, -0.1) is 0 Å². The molecule has 2 aliphatic rings. The van der Waals surface area contributed by atoms with Gasteiger partial charge >= 0.3 is 0 Å². The van der Waals surface area contributed by atoms with Crippen LogP contribution in [0, 0.1) is 0 Å². The second-order valence-electron chi connectivity index (χ2n) is 17.1. The average Bonchev–Trinajstić information content (AvgIpc) is 3.84. The van der Waals surface area contributed by atoms with Crippen molar-refractivity contribution in [3.63, 3.8) is 0 Å². The first-order valence-electron chi connectivity index (χ1n) is 21.9. The van der Waals surface area contributed by atoms with Gasteiger partial charge < -0.3 is 9.47 Å². The summed E-state index contributed by atoms with van der Waals surface area (Å²) in [5.74, 6) is 0. The van der Waals surface area contributed by atoms with Gasteiger partial charge in [-0.2, -0.15) is 0 Å². The molecule has 0 aliphatic heterocycles. The van der Waals surface area contributed by atoms with E-state index in [1.807, 2.05) is 0 Å². The molecule has 0 atom stereocenters. The van der Waals surface area contributed by atoms with E-state index in [0.29, 0.717) is 0 Å². The van der Waals surface area contributed by atoms with Crippen LogP contribution in [0.5, 0.6) is 0 Å². The summed E-state index contributed by atoms with van der Waals surface area (Å²) in [4.78, 5) is 2.53. The minimum atomic E-state index is -0.475. The summed E-state index contributed by atoms with van der Waals surface area (Å²) in [6.45, 7) is 0. The summed E-state index contributed by atoms with van der Waals surface area (Å²) in [7, 11) is 0. The Morgan fingerprint density at radius 3 is 1.57 bits per heavy atom. The quantitative estimate of drug-likeness (QED) is 0.172. The minimum absolute atomic E-state index is 0.475. The summed E-state index contributed by atoms with van der Waals surface area (Å²) in [5, 5.41) is 9.87.